The lowest BCUT2D eigenvalue weighted by molar-refractivity contribution is 0.551. The normalized spacial score (nSPS) is 12.4. The van der Waals surface area contributed by atoms with Crippen LogP contribution < -0.4 is 10.2 Å². The predicted octanol–water partition coefficient (Wildman–Crippen LogP) is 2.48. The number of rotatable bonds is 5. The lowest BCUT2D eigenvalue weighted by Crippen LogP contribution is -2.21. The smallest absolute Gasteiger partial charge is 0.204 e. The van der Waals surface area contributed by atoms with Crippen LogP contribution in [0.4, 0.5) is 10.3 Å². The van der Waals surface area contributed by atoms with Crippen molar-refractivity contribution in [2.75, 3.05) is 19.0 Å². The number of anilines is 1. The highest BCUT2D eigenvalue weighted by molar-refractivity contribution is 5.31. The number of aromatic nitrogens is 2. The third-order valence-corrected chi connectivity index (χ3v) is 3.40. The van der Waals surface area contributed by atoms with Gasteiger partial charge in [0.25, 0.3) is 0 Å². The van der Waals surface area contributed by atoms with Gasteiger partial charge in [0.1, 0.15) is 5.82 Å². The summed E-state index contributed by atoms with van der Waals surface area (Å²) in [6.07, 6.45) is 1.86. The van der Waals surface area contributed by atoms with E-state index in [1.807, 2.05) is 49.8 Å². The Morgan fingerprint density at radius 1 is 1.40 bits per heavy atom. The fourth-order valence-electron chi connectivity index (χ4n) is 2.17. The minimum Gasteiger partial charge on any atom is -0.348 e. The van der Waals surface area contributed by atoms with Gasteiger partial charge in [-0.2, -0.15) is 0 Å². The Balaban J connectivity index is 2.02. The number of benzene rings is 1. The van der Waals surface area contributed by atoms with Crippen molar-refractivity contribution in [2.24, 2.45) is 7.05 Å². The van der Waals surface area contributed by atoms with Crippen molar-refractivity contribution in [3.8, 4) is 0 Å². The van der Waals surface area contributed by atoms with Crippen molar-refractivity contribution >= 4 is 5.95 Å². The highest BCUT2D eigenvalue weighted by Gasteiger charge is 2.10. The molecule has 0 aliphatic rings. The molecule has 1 unspecified atom stereocenters. The zero-order chi connectivity index (χ0) is 14.7. The summed E-state index contributed by atoms with van der Waals surface area (Å²) in [5.74, 6) is 0.715. The summed E-state index contributed by atoms with van der Waals surface area (Å²) in [6.45, 7) is 2.72. The summed E-state index contributed by atoms with van der Waals surface area (Å²) in [4.78, 5) is 6.34. The van der Waals surface area contributed by atoms with Crippen molar-refractivity contribution in [1.82, 2.24) is 14.9 Å². The van der Waals surface area contributed by atoms with E-state index in [0.29, 0.717) is 6.54 Å². The van der Waals surface area contributed by atoms with E-state index < -0.39 is 0 Å². The number of nitrogens with one attached hydrogen (secondary N) is 1. The van der Waals surface area contributed by atoms with E-state index in [2.05, 4.69) is 10.3 Å². The summed E-state index contributed by atoms with van der Waals surface area (Å²) in [5.41, 5.74) is 2.04. The molecule has 2 aromatic rings. The Labute approximate surface area is 119 Å². The first-order valence-electron chi connectivity index (χ1n) is 6.66. The molecule has 0 aliphatic heterocycles. The van der Waals surface area contributed by atoms with Gasteiger partial charge in [-0.15, -0.1) is 0 Å². The summed E-state index contributed by atoms with van der Waals surface area (Å²) in [6, 6.07) is 6.77. The Hall–Kier alpha value is -1.88. The van der Waals surface area contributed by atoms with Gasteiger partial charge in [0.2, 0.25) is 5.95 Å². The lowest BCUT2D eigenvalue weighted by Gasteiger charge is -2.16. The van der Waals surface area contributed by atoms with Gasteiger partial charge in [0, 0.05) is 33.7 Å². The van der Waals surface area contributed by atoms with Crippen molar-refractivity contribution in [2.45, 2.75) is 19.5 Å². The quantitative estimate of drug-likeness (QED) is 0.910. The zero-order valence-corrected chi connectivity index (χ0v) is 12.4. The van der Waals surface area contributed by atoms with Crippen molar-refractivity contribution in [3.63, 3.8) is 0 Å². The molecule has 0 bridgehead atoms. The molecule has 1 atom stereocenters. The third-order valence-electron chi connectivity index (χ3n) is 3.40. The molecule has 0 aliphatic carbocycles. The molecule has 4 nitrogen and oxygen atoms in total. The van der Waals surface area contributed by atoms with E-state index in [1.165, 1.54) is 6.07 Å². The molecule has 1 aromatic carbocycles. The van der Waals surface area contributed by atoms with Crippen LogP contribution in [0.1, 0.15) is 24.2 Å². The van der Waals surface area contributed by atoms with Gasteiger partial charge in [-0.25, -0.2) is 9.37 Å². The molecular formula is C15H21FN4. The predicted molar refractivity (Wildman–Crippen MR) is 79.2 cm³/mol. The van der Waals surface area contributed by atoms with Crippen LogP contribution in [-0.4, -0.2) is 23.6 Å². The second kappa shape index (κ2) is 6.05. The molecule has 108 valence electrons. The molecule has 0 amide bonds. The van der Waals surface area contributed by atoms with E-state index in [1.54, 1.807) is 12.1 Å². The van der Waals surface area contributed by atoms with Crippen LogP contribution in [0.2, 0.25) is 0 Å². The molecule has 0 saturated carbocycles. The van der Waals surface area contributed by atoms with Gasteiger partial charge in [0.05, 0.1) is 11.9 Å². The molecule has 5 heteroatoms. The average Bonchev–Trinajstić information content (AvgIpc) is 2.77. The third kappa shape index (κ3) is 3.17. The molecule has 0 fully saturated rings. The van der Waals surface area contributed by atoms with Gasteiger partial charge in [0.15, 0.2) is 0 Å². The molecule has 0 saturated heterocycles. The Kier molecular flexibility index (Phi) is 4.39. The molecule has 0 spiro atoms. The van der Waals surface area contributed by atoms with Crippen LogP contribution >= 0.6 is 0 Å². The minimum absolute atomic E-state index is 0.0865. The number of hydrogen-bond acceptors (Lipinski definition) is 3. The average molecular weight is 276 g/mol. The maximum absolute atomic E-state index is 13.2. The summed E-state index contributed by atoms with van der Waals surface area (Å²) < 4.78 is 15.2. The number of nitrogens with zero attached hydrogens (tertiary/aromatic N) is 3. The van der Waals surface area contributed by atoms with Gasteiger partial charge in [-0.05, 0) is 24.6 Å². The highest BCUT2D eigenvalue weighted by atomic mass is 19.1. The second-order valence-corrected chi connectivity index (χ2v) is 5.16. The van der Waals surface area contributed by atoms with Crippen molar-refractivity contribution in [1.29, 1.82) is 0 Å². The van der Waals surface area contributed by atoms with Crippen LogP contribution in [0.5, 0.6) is 0 Å². The Bertz CT molecular complexity index is 577. The first-order valence-corrected chi connectivity index (χ1v) is 6.66. The molecule has 1 aromatic heterocycles. The topological polar surface area (TPSA) is 33.1 Å². The SMILES string of the molecule is CC(NCc1cnc(N(C)C)n1C)c1cccc(F)c1. The maximum Gasteiger partial charge on any atom is 0.204 e. The van der Waals surface area contributed by atoms with E-state index in [9.17, 15) is 4.39 Å². The highest BCUT2D eigenvalue weighted by Crippen LogP contribution is 2.15. The summed E-state index contributed by atoms with van der Waals surface area (Å²) >= 11 is 0. The fraction of sp³-hybridized carbons (Fsp3) is 0.400. The first kappa shape index (κ1) is 14.5. The monoisotopic (exact) mass is 276 g/mol. The van der Waals surface area contributed by atoms with Gasteiger partial charge >= 0.3 is 0 Å². The van der Waals surface area contributed by atoms with Crippen LogP contribution in [0.25, 0.3) is 0 Å². The van der Waals surface area contributed by atoms with Gasteiger partial charge < -0.3 is 14.8 Å². The first-order chi connectivity index (χ1) is 9.49. The van der Waals surface area contributed by atoms with Crippen LogP contribution in [0.15, 0.2) is 30.5 Å². The van der Waals surface area contributed by atoms with Gasteiger partial charge in [-0.1, -0.05) is 12.1 Å². The molecule has 1 N–H and O–H groups in total. The number of halogens is 1. The van der Waals surface area contributed by atoms with E-state index in [4.69, 9.17) is 0 Å². The van der Waals surface area contributed by atoms with E-state index in [0.717, 1.165) is 17.2 Å². The molecule has 0 radical (unpaired) electrons. The Morgan fingerprint density at radius 2 is 2.15 bits per heavy atom. The van der Waals surface area contributed by atoms with Crippen LogP contribution in [0.3, 0.4) is 0 Å². The fourth-order valence-corrected chi connectivity index (χ4v) is 2.17. The van der Waals surface area contributed by atoms with Crippen LogP contribution in [-0.2, 0) is 13.6 Å². The largest absolute Gasteiger partial charge is 0.348 e. The summed E-state index contributed by atoms with van der Waals surface area (Å²) in [5, 5.41) is 3.39. The molecule has 2 rings (SSSR count). The second-order valence-electron chi connectivity index (χ2n) is 5.16. The summed E-state index contributed by atoms with van der Waals surface area (Å²) in [7, 11) is 5.93. The number of imidazole rings is 1. The molecular weight excluding hydrogens is 255 g/mol. The lowest BCUT2D eigenvalue weighted by atomic mass is 10.1. The minimum atomic E-state index is -0.202. The molecule has 20 heavy (non-hydrogen) atoms. The van der Waals surface area contributed by atoms with Crippen molar-refractivity contribution < 1.29 is 4.39 Å². The zero-order valence-electron chi connectivity index (χ0n) is 12.4. The van der Waals surface area contributed by atoms with Gasteiger partial charge in [-0.3, -0.25) is 0 Å². The number of hydrogen-bond donors (Lipinski definition) is 1. The molecule has 1 heterocycles. The standard InChI is InChI=1S/C15H21FN4/c1-11(12-6-5-7-13(16)8-12)17-9-14-10-18-15(19(2)3)20(14)4/h5-8,10-11,17H,9H2,1-4H3. The Morgan fingerprint density at radius 3 is 2.75 bits per heavy atom. The maximum atomic E-state index is 13.2. The van der Waals surface area contributed by atoms with E-state index >= 15 is 0 Å². The van der Waals surface area contributed by atoms with Crippen molar-refractivity contribution in [3.05, 3.63) is 47.5 Å². The van der Waals surface area contributed by atoms with E-state index in [-0.39, 0.29) is 11.9 Å². The van der Waals surface area contributed by atoms with Crippen LogP contribution in [0, 0.1) is 5.82 Å².